The number of benzene rings is 2. The molecular formula is C34H50ClF3N6O2. The number of aliphatic hydroxyl groups excluding tert-OH is 1. The van der Waals surface area contributed by atoms with E-state index in [-0.39, 0.29) is 19.0 Å². The van der Waals surface area contributed by atoms with Crippen molar-refractivity contribution in [3.63, 3.8) is 0 Å². The third-order valence-corrected chi connectivity index (χ3v) is 7.00. The van der Waals surface area contributed by atoms with E-state index in [1.165, 1.54) is 6.08 Å². The lowest BCUT2D eigenvalue weighted by atomic mass is 9.97. The summed E-state index contributed by atoms with van der Waals surface area (Å²) in [6.07, 6.45) is -2.75. The molecule has 1 aliphatic heterocycles. The van der Waals surface area contributed by atoms with Gasteiger partial charge in [0.1, 0.15) is 5.84 Å². The highest BCUT2D eigenvalue weighted by Crippen LogP contribution is 2.24. The molecule has 2 amide bonds. The zero-order valence-electron chi connectivity index (χ0n) is 27.6. The Kier molecular flexibility index (Phi) is 21.0. The second-order valence-corrected chi connectivity index (χ2v) is 10.6. The first kappa shape index (κ1) is 42.3. The molecule has 0 fully saturated rings. The Balaban J connectivity index is 0.00000230. The standard InChI is InChI=1S/C28H35ClF3N5O.C3H6O.C2H6.CH3N/c1-4-19(2)20-8-10-21(11-9-20)26(33)37(15-13-28(30,31)32)27(38)34-14-12-22-17-36(3)18-25(22)35-24-7-5-6-23(29)16-24;1-2-3-4;2*1-2/h5-11,16,19,33,35H,4,12-15,17-18H2,1-3H3,(H,34,38);2,4H,1,3H2;1-2H3;2H,1H2. The predicted molar refractivity (Wildman–Crippen MR) is 185 cm³/mol. The lowest BCUT2D eigenvalue weighted by Crippen LogP contribution is -2.45. The number of likely N-dealkylation sites (N-methyl/N-ethyl adjacent to an activating group) is 1. The van der Waals surface area contributed by atoms with E-state index >= 15 is 0 Å². The highest BCUT2D eigenvalue weighted by molar-refractivity contribution is 6.30. The van der Waals surface area contributed by atoms with Gasteiger partial charge in [0.15, 0.2) is 0 Å². The smallest absolute Gasteiger partial charge is 0.390 e. The Labute approximate surface area is 277 Å². The Morgan fingerprint density at radius 2 is 1.78 bits per heavy atom. The van der Waals surface area contributed by atoms with E-state index in [4.69, 9.17) is 27.5 Å². The maximum Gasteiger partial charge on any atom is 0.390 e. The van der Waals surface area contributed by atoms with E-state index in [1.807, 2.05) is 51.2 Å². The van der Waals surface area contributed by atoms with Crippen LogP contribution < -0.4 is 10.6 Å². The molecule has 1 unspecified atom stereocenters. The summed E-state index contributed by atoms with van der Waals surface area (Å²) in [6, 6.07) is 13.7. The zero-order valence-corrected chi connectivity index (χ0v) is 28.4. The molecule has 1 aliphatic rings. The summed E-state index contributed by atoms with van der Waals surface area (Å²) in [7, 11) is 1.98. The van der Waals surface area contributed by atoms with Gasteiger partial charge in [0.25, 0.3) is 0 Å². The minimum absolute atomic E-state index is 0.0833. The van der Waals surface area contributed by atoms with Gasteiger partial charge in [0, 0.05) is 48.1 Å². The molecule has 0 radical (unpaired) electrons. The Morgan fingerprint density at radius 1 is 1.17 bits per heavy atom. The number of halogens is 4. The number of hydrogen-bond donors (Lipinski definition) is 5. The second-order valence-electron chi connectivity index (χ2n) is 10.1. The number of alkyl halides is 3. The van der Waals surface area contributed by atoms with Crippen molar-refractivity contribution in [3.8, 4) is 0 Å². The van der Waals surface area contributed by atoms with Crippen molar-refractivity contribution in [3.05, 3.63) is 88.6 Å². The maximum atomic E-state index is 13.0. The van der Waals surface area contributed by atoms with Crippen molar-refractivity contribution in [1.82, 2.24) is 15.1 Å². The van der Waals surface area contributed by atoms with Crippen LogP contribution in [0.3, 0.4) is 0 Å². The van der Waals surface area contributed by atoms with Crippen molar-refractivity contribution in [2.45, 2.75) is 59.1 Å². The number of nitrogens with zero attached hydrogens (tertiary/aromatic N) is 2. The average Bonchev–Trinajstić information content (AvgIpc) is 3.40. The number of rotatable bonds is 11. The Hall–Kier alpha value is -3.67. The topological polar surface area (TPSA) is 116 Å². The minimum Gasteiger partial charge on any atom is -0.392 e. The monoisotopic (exact) mass is 666 g/mol. The van der Waals surface area contributed by atoms with Crippen molar-refractivity contribution >= 4 is 35.9 Å². The van der Waals surface area contributed by atoms with Gasteiger partial charge in [-0.25, -0.2) is 4.79 Å². The van der Waals surface area contributed by atoms with Crippen LogP contribution in [0.25, 0.3) is 0 Å². The van der Waals surface area contributed by atoms with Crippen LogP contribution in [-0.2, 0) is 0 Å². The van der Waals surface area contributed by atoms with Crippen molar-refractivity contribution in [1.29, 1.82) is 10.8 Å². The summed E-state index contributed by atoms with van der Waals surface area (Å²) in [5, 5.41) is 28.5. The predicted octanol–water partition coefficient (Wildman–Crippen LogP) is 8.30. The van der Waals surface area contributed by atoms with E-state index in [0.717, 1.165) is 33.8 Å². The fourth-order valence-corrected chi connectivity index (χ4v) is 4.48. The molecule has 2 aromatic carbocycles. The molecule has 1 heterocycles. The van der Waals surface area contributed by atoms with Gasteiger partial charge in [-0.2, -0.15) is 13.2 Å². The van der Waals surface area contributed by atoms with Gasteiger partial charge in [-0.3, -0.25) is 15.2 Å². The highest BCUT2D eigenvalue weighted by Gasteiger charge is 2.31. The van der Waals surface area contributed by atoms with Crippen LogP contribution in [-0.4, -0.2) is 79.5 Å². The first-order chi connectivity index (χ1) is 21.9. The van der Waals surface area contributed by atoms with Crippen LogP contribution in [0.15, 0.2) is 72.5 Å². The summed E-state index contributed by atoms with van der Waals surface area (Å²) in [4.78, 5) is 16.0. The number of hydrogen-bond acceptors (Lipinski definition) is 6. The van der Waals surface area contributed by atoms with Gasteiger partial charge in [-0.05, 0) is 61.9 Å². The molecule has 1 atom stereocenters. The molecule has 0 saturated heterocycles. The van der Waals surface area contributed by atoms with E-state index in [2.05, 4.69) is 42.7 Å². The van der Waals surface area contributed by atoms with Gasteiger partial charge in [-0.15, -0.1) is 6.58 Å². The van der Waals surface area contributed by atoms with Gasteiger partial charge in [0.2, 0.25) is 0 Å². The second kappa shape index (κ2) is 22.8. The number of nitrogens with one attached hydrogen (secondary N) is 4. The molecule has 256 valence electrons. The molecule has 0 aliphatic carbocycles. The number of aliphatic hydroxyl groups is 1. The fourth-order valence-electron chi connectivity index (χ4n) is 4.29. The van der Waals surface area contributed by atoms with Crippen molar-refractivity contribution in [2.75, 3.05) is 45.2 Å². The molecule has 0 spiro atoms. The number of amides is 2. The number of carbonyl (C=O) groups is 1. The van der Waals surface area contributed by atoms with Crippen molar-refractivity contribution < 1.29 is 23.1 Å². The van der Waals surface area contributed by atoms with Crippen molar-refractivity contribution in [2.24, 2.45) is 0 Å². The van der Waals surface area contributed by atoms with E-state index in [9.17, 15) is 18.0 Å². The summed E-state index contributed by atoms with van der Waals surface area (Å²) >= 11 is 6.09. The normalized spacial score (nSPS) is 13.1. The first-order valence-corrected chi connectivity index (χ1v) is 15.6. The van der Waals surface area contributed by atoms with Gasteiger partial charge in [0.05, 0.1) is 13.0 Å². The zero-order chi connectivity index (χ0) is 35.3. The van der Waals surface area contributed by atoms with Crippen LogP contribution in [0.1, 0.15) is 64.0 Å². The van der Waals surface area contributed by atoms with Gasteiger partial charge >= 0.3 is 12.2 Å². The molecule has 8 nitrogen and oxygen atoms in total. The van der Waals surface area contributed by atoms with E-state index in [0.29, 0.717) is 36.0 Å². The fraction of sp³-hybridized carbons (Fsp3) is 0.441. The largest absolute Gasteiger partial charge is 0.392 e. The third-order valence-electron chi connectivity index (χ3n) is 6.77. The SMILES string of the molecule is C=CCO.C=N.CC.CCC(C)c1ccc(C(=N)N(CCC(F)(F)F)C(=O)NCCC2=C(Nc3cccc(Cl)c3)CN(C)C2)cc1. The quantitative estimate of drug-likeness (QED) is 0.0943. The van der Waals surface area contributed by atoms with Crippen LogP contribution >= 0.6 is 11.6 Å². The molecular weight excluding hydrogens is 617 g/mol. The lowest BCUT2D eigenvalue weighted by Gasteiger charge is -2.25. The third kappa shape index (κ3) is 15.6. The summed E-state index contributed by atoms with van der Waals surface area (Å²) < 4.78 is 39.0. The molecule has 46 heavy (non-hydrogen) atoms. The average molecular weight is 667 g/mol. The number of amidine groups is 1. The molecule has 0 saturated carbocycles. The number of urea groups is 1. The number of carbonyl (C=O) groups excluding carboxylic acids is 1. The minimum atomic E-state index is -4.45. The highest BCUT2D eigenvalue weighted by atomic mass is 35.5. The molecule has 0 aromatic heterocycles. The van der Waals surface area contributed by atoms with E-state index < -0.39 is 25.2 Å². The Morgan fingerprint density at radius 3 is 2.30 bits per heavy atom. The van der Waals surface area contributed by atoms with E-state index in [1.54, 1.807) is 18.2 Å². The lowest BCUT2D eigenvalue weighted by molar-refractivity contribution is -0.135. The molecule has 3 rings (SSSR count). The first-order valence-electron chi connectivity index (χ1n) is 15.2. The number of anilines is 1. The molecule has 12 heteroatoms. The summed E-state index contributed by atoms with van der Waals surface area (Å²) in [5.41, 5.74) is 4.42. The van der Waals surface area contributed by atoms with Crippen LogP contribution in [0, 0.1) is 10.8 Å². The maximum absolute atomic E-state index is 13.0. The summed E-state index contributed by atoms with van der Waals surface area (Å²) in [6.45, 7) is 15.0. The van der Waals surface area contributed by atoms with Gasteiger partial charge in [-0.1, -0.05) is 75.7 Å². The van der Waals surface area contributed by atoms with Crippen LogP contribution in [0.2, 0.25) is 5.02 Å². The van der Waals surface area contributed by atoms with Crippen LogP contribution in [0.4, 0.5) is 23.7 Å². The Bertz CT molecular complexity index is 1240. The summed E-state index contributed by atoms with van der Waals surface area (Å²) in [5.74, 6) is 0.0654. The van der Waals surface area contributed by atoms with Gasteiger partial charge < -0.3 is 21.1 Å². The van der Waals surface area contributed by atoms with Crippen LogP contribution in [0.5, 0.6) is 0 Å². The molecule has 2 aromatic rings. The molecule has 5 N–H and O–H groups in total. The molecule has 0 bridgehead atoms.